The smallest absolute Gasteiger partial charge is 0.311 e. The zero-order valence-electron chi connectivity index (χ0n) is 40.9. The van der Waals surface area contributed by atoms with Crippen LogP contribution in [0.3, 0.4) is 0 Å². The monoisotopic (exact) mass is 939 g/mol. The molecule has 15 nitrogen and oxygen atoms in total. The molecule has 0 aromatic carbocycles. The van der Waals surface area contributed by atoms with E-state index in [-0.39, 0.29) is 60.6 Å². The molecule has 4 N–H and O–H groups in total. The van der Waals surface area contributed by atoms with Crippen molar-refractivity contribution in [2.75, 3.05) is 57.1 Å². The molecule has 4 rings (SSSR count). The maximum atomic E-state index is 14.5. The third-order valence-electron chi connectivity index (χ3n) is 14.4. The number of nitrogens with zero attached hydrogens (tertiary/aromatic N) is 2. The van der Waals surface area contributed by atoms with Gasteiger partial charge in [-0.1, -0.05) is 20.8 Å². The second-order valence-corrected chi connectivity index (χ2v) is 24.3. The van der Waals surface area contributed by atoms with Crippen molar-refractivity contribution in [1.82, 2.24) is 9.80 Å². The normalized spacial score (nSPS) is 45.9. The largest absolute Gasteiger partial charge is 0.459 e. The first-order valence-electron chi connectivity index (χ1n) is 23.4. The molecule has 0 saturated carbocycles. The molecule has 0 spiro atoms. The van der Waals surface area contributed by atoms with Gasteiger partial charge in [0.05, 0.1) is 47.6 Å². The maximum absolute atomic E-state index is 14.5. The highest BCUT2D eigenvalue weighted by atomic mass is 32.2. The first-order chi connectivity index (χ1) is 29.4. The van der Waals surface area contributed by atoms with Gasteiger partial charge in [-0.25, -0.2) is 10.9 Å². The molecule has 370 valence electrons. The quantitative estimate of drug-likeness (QED) is 0.0998. The number of hydrogen-bond acceptors (Lipinski definition) is 16. The van der Waals surface area contributed by atoms with Crippen LogP contribution in [0.25, 0.3) is 0 Å². The van der Waals surface area contributed by atoms with Crippen LogP contribution >= 0.6 is 22.7 Å². The fraction of sp³-hybridized carbons (Fsp3) is 0.957. The lowest BCUT2D eigenvalue weighted by molar-refractivity contribution is -0.319. The first-order valence-corrected chi connectivity index (χ1v) is 26.5. The molecule has 4 aliphatic rings. The Morgan fingerprint density at radius 3 is 2.27 bits per heavy atom. The van der Waals surface area contributed by atoms with Crippen molar-refractivity contribution in [3.63, 3.8) is 0 Å². The highest BCUT2D eigenvalue weighted by molar-refractivity contribution is 8.29. The van der Waals surface area contributed by atoms with Crippen molar-refractivity contribution in [2.45, 2.75) is 204 Å². The summed E-state index contributed by atoms with van der Waals surface area (Å²) in [6.07, 6.45) is -6.24. The number of esters is 2. The SMILES string of the molecule is CC[C@H]1OC(=O)[C@H](C)[C@@H](O[C@H]2C[C@@](C)(OC)[C@@H](O)[C@H](C)O2)[C@H](C)[C@@H](O[C@@H]2O[C@H](C)C[C@H](N(C)C)[C@H]2OC(=O)CCCC[SH]2CCSC2)[C@](C)(O)C[C@@H](C)CN(C)[C@H](C)[C@@H](O)[C@]1(C)O. The summed E-state index contributed by atoms with van der Waals surface area (Å²) in [7, 11) is 7.30. The predicted molar refractivity (Wildman–Crippen MR) is 248 cm³/mol. The molecule has 0 aromatic rings. The Labute approximate surface area is 385 Å². The summed E-state index contributed by atoms with van der Waals surface area (Å²) in [5, 5.41) is 48.7. The lowest BCUT2D eigenvalue weighted by atomic mass is 9.77. The predicted octanol–water partition coefficient (Wildman–Crippen LogP) is 4.33. The summed E-state index contributed by atoms with van der Waals surface area (Å²) in [4.78, 5) is 32.1. The van der Waals surface area contributed by atoms with Crippen LogP contribution in [-0.2, 0) is 42.7 Å². The van der Waals surface area contributed by atoms with E-state index in [0.717, 1.165) is 18.6 Å². The van der Waals surface area contributed by atoms with Gasteiger partial charge in [0.1, 0.15) is 23.9 Å². The van der Waals surface area contributed by atoms with E-state index in [1.54, 1.807) is 34.6 Å². The number of aliphatic hydroxyl groups is 4. The summed E-state index contributed by atoms with van der Waals surface area (Å²) in [5.41, 5.74) is -4.47. The van der Waals surface area contributed by atoms with Crippen LogP contribution in [0.15, 0.2) is 0 Å². The molecular formula is C46H86N2O13S2. The highest BCUT2D eigenvalue weighted by Crippen LogP contribution is 2.41. The first kappa shape index (κ1) is 54.8. The molecule has 4 fully saturated rings. The Balaban J connectivity index is 1.78. The Bertz CT molecular complexity index is 1440. The van der Waals surface area contributed by atoms with E-state index in [2.05, 4.69) is 0 Å². The number of methoxy groups -OCH3 is 1. The second kappa shape index (κ2) is 23.5. The van der Waals surface area contributed by atoms with Crippen LogP contribution in [0.4, 0.5) is 0 Å². The van der Waals surface area contributed by atoms with Crippen LogP contribution in [0, 0.1) is 17.8 Å². The lowest BCUT2D eigenvalue weighted by Crippen LogP contribution is -2.61. The highest BCUT2D eigenvalue weighted by Gasteiger charge is 2.53. The van der Waals surface area contributed by atoms with Gasteiger partial charge in [-0.2, -0.15) is 11.8 Å². The molecule has 63 heavy (non-hydrogen) atoms. The second-order valence-electron chi connectivity index (χ2n) is 20.2. The number of cyclic esters (lactones) is 1. The Kier molecular flexibility index (Phi) is 20.4. The number of likely N-dealkylation sites (N-methyl/N-ethyl adjacent to an activating group) is 2. The van der Waals surface area contributed by atoms with Crippen LogP contribution in [0.2, 0.25) is 0 Å². The number of carbonyl (C=O) groups is 2. The van der Waals surface area contributed by atoms with E-state index in [0.29, 0.717) is 13.0 Å². The number of thiol groups is 1. The van der Waals surface area contributed by atoms with Gasteiger partial charge in [-0.15, -0.1) is 0 Å². The zero-order valence-corrected chi connectivity index (χ0v) is 42.6. The minimum atomic E-state index is -1.82. The number of carbonyl (C=O) groups excluding carboxylic acids is 2. The summed E-state index contributed by atoms with van der Waals surface area (Å²) < 4.78 is 45.0. The van der Waals surface area contributed by atoms with Crippen molar-refractivity contribution >= 4 is 34.6 Å². The molecule has 0 bridgehead atoms. The summed E-state index contributed by atoms with van der Waals surface area (Å²) in [5.74, 6) is 0.679. The van der Waals surface area contributed by atoms with Crippen molar-refractivity contribution in [1.29, 1.82) is 0 Å². The van der Waals surface area contributed by atoms with Gasteiger partial charge in [0.25, 0.3) is 0 Å². The fourth-order valence-electron chi connectivity index (χ4n) is 10.3. The van der Waals surface area contributed by atoms with Crippen molar-refractivity contribution in [3.05, 3.63) is 0 Å². The molecule has 0 amide bonds. The van der Waals surface area contributed by atoms with E-state index in [1.807, 2.05) is 70.4 Å². The number of unbranched alkanes of at least 4 members (excludes halogenated alkanes) is 1. The third kappa shape index (κ3) is 13.9. The summed E-state index contributed by atoms with van der Waals surface area (Å²) in [6.45, 7) is 18.2. The van der Waals surface area contributed by atoms with E-state index in [9.17, 15) is 30.0 Å². The maximum Gasteiger partial charge on any atom is 0.311 e. The Hall–Kier alpha value is -0.800. The Morgan fingerprint density at radius 2 is 1.67 bits per heavy atom. The molecular weight excluding hydrogens is 853 g/mol. The number of rotatable bonds is 13. The fourth-order valence-corrected chi connectivity index (χ4v) is 15.3. The van der Waals surface area contributed by atoms with Crippen LogP contribution in [0.5, 0.6) is 0 Å². The molecule has 1 unspecified atom stereocenters. The van der Waals surface area contributed by atoms with Gasteiger partial charge in [-0.05, 0) is 119 Å². The van der Waals surface area contributed by atoms with Gasteiger partial charge in [-0.3, -0.25) is 9.59 Å². The van der Waals surface area contributed by atoms with Gasteiger partial charge in [0.2, 0.25) is 0 Å². The molecule has 4 heterocycles. The summed E-state index contributed by atoms with van der Waals surface area (Å²) in [6, 6.07) is -0.821. The van der Waals surface area contributed by atoms with E-state index >= 15 is 0 Å². The van der Waals surface area contributed by atoms with E-state index in [4.69, 9.17) is 33.2 Å². The molecule has 0 aromatic heterocycles. The minimum absolute atomic E-state index is 0.0484. The number of ether oxygens (including phenoxy) is 7. The van der Waals surface area contributed by atoms with Crippen LogP contribution < -0.4 is 0 Å². The topological polar surface area (TPSA) is 186 Å². The van der Waals surface area contributed by atoms with Crippen molar-refractivity contribution in [3.8, 4) is 0 Å². The zero-order chi connectivity index (χ0) is 47.2. The van der Waals surface area contributed by atoms with Gasteiger partial charge < -0.3 is 63.4 Å². The average molecular weight is 939 g/mol. The molecule has 4 aliphatic heterocycles. The molecule has 19 atom stereocenters. The molecule has 4 saturated heterocycles. The third-order valence-corrected chi connectivity index (χ3v) is 19.2. The van der Waals surface area contributed by atoms with E-state index < -0.39 is 96.0 Å². The van der Waals surface area contributed by atoms with Crippen molar-refractivity contribution in [2.24, 2.45) is 17.8 Å². The number of thioether (sulfide) groups is 1. The van der Waals surface area contributed by atoms with E-state index in [1.165, 1.54) is 30.6 Å². The molecule has 0 aliphatic carbocycles. The average Bonchev–Trinajstić information content (AvgIpc) is 3.74. The van der Waals surface area contributed by atoms with Gasteiger partial charge in [0.15, 0.2) is 18.7 Å². The molecule has 17 heteroatoms. The molecule has 0 radical (unpaired) electrons. The minimum Gasteiger partial charge on any atom is -0.459 e. The number of hydrogen-bond donors (Lipinski definition) is 5. The van der Waals surface area contributed by atoms with Crippen LogP contribution in [-0.4, -0.2) is 190 Å². The Morgan fingerprint density at radius 1 is 0.984 bits per heavy atom. The van der Waals surface area contributed by atoms with Gasteiger partial charge in [0, 0.05) is 49.3 Å². The summed E-state index contributed by atoms with van der Waals surface area (Å²) >= 11 is 2.02. The van der Waals surface area contributed by atoms with Crippen molar-refractivity contribution < 1.29 is 63.2 Å². The van der Waals surface area contributed by atoms with Gasteiger partial charge >= 0.3 is 11.9 Å². The number of aliphatic hydroxyl groups excluding tert-OH is 2. The van der Waals surface area contributed by atoms with Crippen LogP contribution in [0.1, 0.15) is 114 Å². The lowest BCUT2D eigenvalue weighted by Gasteiger charge is -2.49. The standard InChI is InChI=1S/C46H86N2O13S2/c1-15-34-46(10,54)39(50)31(6)48(13)25-27(2)23-44(8,53)41(29(4)37(30(5)42(52)58-34)60-36-24-45(9,55-14)40(51)32(7)57-36)61-43-38(33(47(11)12)22-28(3)56-43)59-35(49)18-16-17-20-63-21-19-62-26-63/h27-34,36-41,43,50-51,53-54,63H,15-26H2,1-14H3/t27-,28-,29+,30-,31-,32+,33+,34-,36+,37+,38-,39-,40+,41-,43+,44-,45-,46-/m1/s1.